The molecule has 0 saturated carbocycles. The van der Waals surface area contributed by atoms with Gasteiger partial charge in [-0.05, 0) is 47.3 Å². The van der Waals surface area contributed by atoms with Crippen molar-refractivity contribution in [3.63, 3.8) is 0 Å². The van der Waals surface area contributed by atoms with Gasteiger partial charge in [0.25, 0.3) is 15.9 Å². The van der Waals surface area contributed by atoms with Crippen molar-refractivity contribution >= 4 is 38.6 Å². The number of nitrogens with zero attached hydrogens (tertiary/aromatic N) is 2. The minimum absolute atomic E-state index is 0.171. The molecule has 7 nitrogen and oxygen atoms in total. The molecule has 1 aliphatic rings. The molecular formula is C26H21N3O4S. The van der Waals surface area contributed by atoms with E-state index < -0.39 is 10.0 Å². The van der Waals surface area contributed by atoms with Gasteiger partial charge in [0.05, 0.1) is 30.5 Å². The van der Waals surface area contributed by atoms with E-state index in [4.69, 9.17) is 4.74 Å². The van der Waals surface area contributed by atoms with Crippen LogP contribution in [0.2, 0.25) is 0 Å². The number of hydrazone groups is 1. The Balaban J connectivity index is 1.31. The summed E-state index contributed by atoms with van der Waals surface area (Å²) >= 11 is 0. The van der Waals surface area contributed by atoms with Crippen molar-refractivity contribution in [2.75, 3.05) is 11.4 Å². The third-order valence-electron chi connectivity index (χ3n) is 5.73. The first-order valence-corrected chi connectivity index (χ1v) is 12.0. The molecule has 4 aromatic rings. The molecule has 0 atom stereocenters. The van der Waals surface area contributed by atoms with Gasteiger partial charge in [-0.3, -0.25) is 9.10 Å². The molecule has 0 saturated heterocycles. The van der Waals surface area contributed by atoms with Crippen LogP contribution in [-0.4, -0.2) is 27.6 Å². The second kappa shape index (κ2) is 8.64. The highest BCUT2D eigenvalue weighted by molar-refractivity contribution is 7.93. The zero-order chi connectivity index (χ0) is 23.7. The smallest absolute Gasteiger partial charge is 0.271 e. The van der Waals surface area contributed by atoms with E-state index >= 15 is 0 Å². The maximum Gasteiger partial charge on any atom is 0.271 e. The summed E-state index contributed by atoms with van der Waals surface area (Å²) in [5.41, 5.74) is 5.08. The van der Waals surface area contributed by atoms with E-state index in [2.05, 4.69) is 10.5 Å². The predicted octanol–water partition coefficient (Wildman–Crippen LogP) is 4.32. The van der Waals surface area contributed by atoms with Gasteiger partial charge in [0.15, 0.2) is 0 Å². The molecular weight excluding hydrogens is 450 g/mol. The average molecular weight is 472 g/mol. The van der Waals surface area contributed by atoms with Gasteiger partial charge in [-0.2, -0.15) is 5.10 Å². The third kappa shape index (κ3) is 3.78. The Morgan fingerprint density at radius 3 is 2.47 bits per heavy atom. The van der Waals surface area contributed by atoms with Gasteiger partial charge < -0.3 is 4.74 Å². The lowest BCUT2D eigenvalue weighted by molar-refractivity contribution is 0.0955. The first-order chi connectivity index (χ1) is 16.5. The number of nitrogens with one attached hydrogen (secondary N) is 1. The molecule has 4 aromatic carbocycles. The van der Waals surface area contributed by atoms with E-state index in [1.165, 1.54) is 10.5 Å². The molecule has 1 aliphatic heterocycles. The zero-order valence-corrected chi connectivity index (χ0v) is 19.1. The lowest BCUT2D eigenvalue weighted by atomic mass is 10.1. The summed E-state index contributed by atoms with van der Waals surface area (Å²) in [6, 6.07) is 25.0. The maximum atomic E-state index is 13.2. The fourth-order valence-corrected chi connectivity index (χ4v) is 5.75. The van der Waals surface area contributed by atoms with Crippen LogP contribution in [0.15, 0.2) is 94.9 Å². The van der Waals surface area contributed by atoms with Crippen molar-refractivity contribution in [2.45, 2.75) is 11.4 Å². The first-order valence-electron chi connectivity index (χ1n) is 10.6. The number of anilines is 1. The molecule has 1 heterocycles. The number of rotatable bonds is 6. The molecule has 0 spiro atoms. The van der Waals surface area contributed by atoms with Crippen molar-refractivity contribution in [1.29, 1.82) is 0 Å². The van der Waals surface area contributed by atoms with E-state index in [0.29, 0.717) is 21.9 Å². The number of carbonyl (C=O) groups excluding carboxylic acids is 1. The van der Waals surface area contributed by atoms with E-state index in [0.717, 1.165) is 21.9 Å². The van der Waals surface area contributed by atoms with Crippen LogP contribution in [0.4, 0.5) is 5.69 Å². The highest BCUT2D eigenvalue weighted by Gasteiger charge is 2.35. The fourth-order valence-electron chi connectivity index (χ4n) is 4.05. The summed E-state index contributed by atoms with van der Waals surface area (Å²) in [5, 5.41) is 5.64. The molecule has 5 rings (SSSR count). The van der Waals surface area contributed by atoms with Crippen molar-refractivity contribution in [1.82, 2.24) is 5.43 Å². The lowest BCUT2D eigenvalue weighted by Gasteiger charge is -2.19. The second-order valence-corrected chi connectivity index (χ2v) is 9.61. The summed E-state index contributed by atoms with van der Waals surface area (Å²) in [4.78, 5) is 12.8. The Morgan fingerprint density at radius 2 is 1.71 bits per heavy atom. The maximum absolute atomic E-state index is 13.2. The topological polar surface area (TPSA) is 88.1 Å². The number of hydrogen-bond donors (Lipinski definition) is 1. The third-order valence-corrected chi connectivity index (χ3v) is 7.53. The Labute approximate surface area is 197 Å². The summed E-state index contributed by atoms with van der Waals surface area (Å²) < 4.78 is 33.0. The number of hydrogen-bond acceptors (Lipinski definition) is 5. The molecule has 34 heavy (non-hydrogen) atoms. The van der Waals surface area contributed by atoms with E-state index in [1.807, 2.05) is 42.5 Å². The van der Waals surface area contributed by atoms with Crippen molar-refractivity contribution < 1.29 is 17.9 Å². The van der Waals surface area contributed by atoms with Crippen molar-refractivity contribution in [3.8, 4) is 5.75 Å². The molecule has 0 aliphatic carbocycles. The number of methoxy groups -OCH3 is 1. The summed E-state index contributed by atoms with van der Waals surface area (Å²) in [6.07, 6.45) is 1.52. The molecule has 1 N–H and O–H groups in total. The summed E-state index contributed by atoms with van der Waals surface area (Å²) in [5.74, 6) is 0.281. The Hall–Kier alpha value is -4.17. The van der Waals surface area contributed by atoms with E-state index in [-0.39, 0.29) is 12.5 Å². The summed E-state index contributed by atoms with van der Waals surface area (Å²) in [7, 11) is -2.07. The molecule has 0 bridgehead atoms. The van der Waals surface area contributed by atoms with Crippen LogP contribution >= 0.6 is 0 Å². The Kier molecular flexibility index (Phi) is 5.51. The monoisotopic (exact) mass is 471 g/mol. The molecule has 0 radical (unpaired) electrons. The number of ether oxygens (including phenoxy) is 1. The van der Waals surface area contributed by atoms with Crippen LogP contribution in [0.5, 0.6) is 5.75 Å². The van der Waals surface area contributed by atoms with E-state index in [9.17, 15) is 13.2 Å². The molecule has 8 heteroatoms. The minimum atomic E-state index is -3.64. The normalized spacial score (nSPS) is 14.0. The number of carbonyl (C=O) groups is 1. The number of sulfonamides is 1. The van der Waals surface area contributed by atoms with Gasteiger partial charge >= 0.3 is 0 Å². The van der Waals surface area contributed by atoms with Crippen LogP contribution in [0.25, 0.3) is 10.8 Å². The molecule has 170 valence electrons. The fraction of sp³-hybridized carbons (Fsp3) is 0.0769. The highest BCUT2D eigenvalue weighted by Crippen LogP contribution is 2.42. The Bertz CT molecular complexity index is 1520. The molecule has 1 amide bonds. The van der Waals surface area contributed by atoms with Gasteiger partial charge in [0, 0.05) is 16.5 Å². The average Bonchev–Trinajstić information content (AvgIpc) is 3.08. The number of amides is 1. The molecule has 0 unspecified atom stereocenters. The van der Waals surface area contributed by atoms with Crippen LogP contribution in [-0.2, 0) is 16.6 Å². The van der Waals surface area contributed by atoms with Crippen molar-refractivity contribution in [2.24, 2.45) is 5.10 Å². The quantitative estimate of drug-likeness (QED) is 0.335. The Morgan fingerprint density at radius 1 is 0.971 bits per heavy atom. The van der Waals surface area contributed by atoms with Gasteiger partial charge in [0.1, 0.15) is 5.75 Å². The van der Waals surface area contributed by atoms with E-state index in [1.54, 1.807) is 49.6 Å². The molecule has 0 fully saturated rings. The minimum Gasteiger partial charge on any atom is -0.496 e. The van der Waals surface area contributed by atoms with Gasteiger partial charge in [-0.25, -0.2) is 13.8 Å². The van der Waals surface area contributed by atoms with Crippen LogP contribution in [0, 0.1) is 0 Å². The highest BCUT2D eigenvalue weighted by atomic mass is 32.2. The zero-order valence-electron chi connectivity index (χ0n) is 18.3. The molecule has 0 aromatic heterocycles. The van der Waals surface area contributed by atoms with Gasteiger partial charge in [0.2, 0.25) is 0 Å². The lowest BCUT2D eigenvalue weighted by Crippen LogP contribution is -2.26. The van der Waals surface area contributed by atoms with Crippen molar-refractivity contribution in [3.05, 3.63) is 102 Å². The standard InChI is InChI=1S/C26H21N3O4S/c1-33-23-10-3-2-6-21(23)16-27-28-26(30)20-14-12-18(13-15-20)17-29-22-9-4-7-19-8-5-11-24(25(19)22)34(29,31)32/h2-16H,17H2,1H3,(H,28,30). The van der Waals surface area contributed by atoms with Crippen LogP contribution < -0.4 is 14.5 Å². The van der Waals surface area contributed by atoms with Crippen LogP contribution in [0.1, 0.15) is 21.5 Å². The largest absolute Gasteiger partial charge is 0.496 e. The first kappa shape index (κ1) is 21.7. The van der Waals surface area contributed by atoms with Gasteiger partial charge in [-0.1, -0.05) is 48.5 Å². The SMILES string of the molecule is COc1ccccc1C=NNC(=O)c1ccc(CN2c3cccc4cccc(c34)S2(=O)=O)cc1. The summed E-state index contributed by atoms with van der Waals surface area (Å²) in [6.45, 7) is 0.171. The number of benzene rings is 4. The number of para-hydroxylation sites is 1. The van der Waals surface area contributed by atoms with Crippen LogP contribution in [0.3, 0.4) is 0 Å². The predicted molar refractivity (Wildman–Crippen MR) is 132 cm³/mol. The second-order valence-electron chi connectivity index (χ2n) is 7.78. The van der Waals surface area contributed by atoms with Gasteiger partial charge in [-0.15, -0.1) is 0 Å².